The normalized spacial score (nSPS) is 19.8. The molecule has 29 heavy (non-hydrogen) atoms. The summed E-state index contributed by atoms with van der Waals surface area (Å²) in [5, 5.41) is 5.68. The molecule has 11 nitrogen and oxygen atoms in total. The lowest BCUT2D eigenvalue weighted by atomic mass is 10.2. The monoisotopic (exact) mass is 403 g/mol. The van der Waals surface area contributed by atoms with E-state index in [0.717, 1.165) is 38.4 Å². The Morgan fingerprint density at radius 3 is 2.59 bits per heavy atom. The van der Waals surface area contributed by atoms with Crippen molar-refractivity contribution in [3.05, 3.63) is 11.7 Å². The summed E-state index contributed by atoms with van der Waals surface area (Å²) >= 11 is 0. The molecule has 2 aromatic rings. The first kappa shape index (κ1) is 19.6. The minimum absolute atomic E-state index is 0.344. The quantitative estimate of drug-likeness (QED) is 0.658. The van der Waals surface area contributed by atoms with Crippen molar-refractivity contribution in [3.8, 4) is 0 Å². The van der Waals surface area contributed by atoms with Crippen LogP contribution in [0.15, 0.2) is 4.52 Å². The largest absolute Gasteiger partial charge is 0.393 e. The average Bonchev–Trinajstić information content (AvgIpc) is 3.35. The summed E-state index contributed by atoms with van der Waals surface area (Å²) in [6.45, 7) is 9.09. The molecule has 158 valence electrons. The van der Waals surface area contributed by atoms with E-state index >= 15 is 0 Å². The Morgan fingerprint density at radius 1 is 1.17 bits per heavy atom. The number of rotatable bonds is 6. The van der Waals surface area contributed by atoms with Crippen LogP contribution in [0.25, 0.3) is 0 Å². The number of anilines is 4. The first-order valence-corrected chi connectivity index (χ1v) is 10.0. The number of nitrogen functional groups attached to an aromatic ring is 1. The van der Waals surface area contributed by atoms with Gasteiger partial charge in [-0.3, -0.25) is 5.01 Å². The van der Waals surface area contributed by atoms with E-state index in [1.807, 2.05) is 12.1 Å². The maximum atomic E-state index is 6.58. The van der Waals surface area contributed by atoms with E-state index in [0.29, 0.717) is 54.8 Å². The van der Waals surface area contributed by atoms with E-state index in [9.17, 15) is 0 Å². The van der Waals surface area contributed by atoms with Crippen LogP contribution in [0.1, 0.15) is 25.1 Å². The molecule has 0 bridgehead atoms. The molecule has 2 aliphatic rings. The molecule has 0 amide bonds. The molecule has 3 N–H and O–H groups in total. The second-order valence-electron chi connectivity index (χ2n) is 7.57. The van der Waals surface area contributed by atoms with Gasteiger partial charge in [0.15, 0.2) is 17.5 Å². The molecule has 2 aliphatic heterocycles. The predicted octanol–water partition coefficient (Wildman–Crippen LogP) is 0.574. The number of nitrogens with two attached hydrogens (primary N) is 1. The van der Waals surface area contributed by atoms with Gasteiger partial charge in [-0.2, -0.15) is 15.0 Å². The lowest BCUT2D eigenvalue weighted by Gasteiger charge is -2.31. The Bertz CT molecular complexity index is 837. The highest BCUT2D eigenvalue weighted by Gasteiger charge is 2.28. The van der Waals surface area contributed by atoms with Gasteiger partial charge in [-0.25, -0.2) is 5.43 Å². The lowest BCUT2D eigenvalue weighted by Crippen LogP contribution is -2.40. The van der Waals surface area contributed by atoms with Gasteiger partial charge in [-0.1, -0.05) is 12.1 Å². The lowest BCUT2D eigenvalue weighted by molar-refractivity contribution is 0.122. The molecule has 0 aliphatic carbocycles. The molecule has 11 heteroatoms. The van der Waals surface area contributed by atoms with Crippen LogP contribution in [0.2, 0.25) is 0 Å². The Hall–Kier alpha value is -2.66. The molecular formula is C18H29N9O2. The highest BCUT2D eigenvalue weighted by atomic mass is 16.5. The smallest absolute Gasteiger partial charge is 0.247 e. The van der Waals surface area contributed by atoms with E-state index in [1.165, 1.54) is 0 Å². The molecule has 0 aromatic carbocycles. The summed E-state index contributed by atoms with van der Waals surface area (Å²) in [4.78, 5) is 18.3. The highest BCUT2D eigenvalue weighted by Crippen LogP contribution is 2.35. The van der Waals surface area contributed by atoms with Gasteiger partial charge in [-0.15, -0.1) is 0 Å². The van der Waals surface area contributed by atoms with Gasteiger partial charge in [-0.05, 0) is 19.3 Å². The molecule has 0 spiro atoms. The van der Waals surface area contributed by atoms with Crippen molar-refractivity contribution in [2.75, 3.05) is 67.0 Å². The van der Waals surface area contributed by atoms with Gasteiger partial charge in [0.25, 0.3) is 0 Å². The standard InChI is InChI=1S/C18H29N9O2/c1-12-4-5-26(10-12)16-15(19)17(23-18(22-16)25-6-8-28-9-7-25)27(20-3)11-14-21-13(2)24-29-14/h12,20H,4-11,19H2,1-3H3/t12-/m0/s1. The van der Waals surface area contributed by atoms with Gasteiger partial charge < -0.3 is 24.8 Å². The molecular weight excluding hydrogens is 374 g/mol. The van der Waals surface area contributed by atoms with Crippen molar-refractivity contribution in [1.82, 2.24) is 25.5 Å². The van der Waals surface area contributed by atoms with Crippen LogP contribution >= 0.6 is 0 Å². The van der Waals surface area contributed by atoms with E-state index in [4.69, 9.17) is 25.0 Å². The van der Waals surface area contributed by atoms with Gasteiger partial charge in [0.2, 0.25) is 11.8 Å². The van der Waals surface area contributed by atoms with Gasteiger partial charge in [0, 0.05) is 33.2 Å². The third-order valence-electron chi connectivity index (χ3n) is 5.30. The Balaban J connectivity index is 1.71. The number of ether oxygens (including phenoxy) is 1. The second kappa shape index (κ2) is 8.37. The fourth-order valence-corrected chi connectivity index (χ4v) is 3.71. The maximum absolute atomic E-state index is 6.58. The van der Waals surface area contributed by atoms with Gasteiger partial charge in [0.05, 0.1) is 13.2 Å². The molecule has 2 saturated heterocycles. The van der Waals surface area contributed by atoms with Crippen molar-refractivity contribution < 1.29 is 9.26 Å². The van der Waals surface area contributed by atoms with E-state index in [2.05, 4.69) is 32.3 Å². The van der Waals surface area contributed by atoms with Crippen LogP contribution in [-0.2, 0) is 11.3 Å². The minimum Gasteiger partial charge on any atom is -0.393 e. The number of aryl methyl sites for hydroxylation is 1. The van der Waals surface area contributed by atoms with Gasteiger partial charge >= 0.3 is 0 Å². The zero-order chi connectivity index (χ0) is 20.4. The second-order valence-corrected chi connectivity index (χ2v) is 7.57. The third kappa shape index (κ3) is 4.20. The van der Waals surface area contributed by atoms with E-state index < -0.39 is 0 Å². The van der Waals surface area contributed by atoms with Crippen LogP contribution in [0, 0.1) is 12.8 Å². The summed E-state index contributed by atoms with van der Waals surface area (Å²) in [6, 6.07) is 0. The van der Waals surface area contributed by atoms with Crippen LogP contribution < -0.4 is 26.0 Å². The molecule has 0 saturated carbocycles. The number of hydrogen-bond acceptors (Lipinski definition) is 11. The molecule has 4 rings (SSSR count). The number of aromatic nitrogens is 4. The fourth-order valence-electron chi connectivity index (χ4n) is 3.71. The Morgan fingerprint density at radius 2 is 1.97 bits per heavy atom. The number of morpholine rings is 1. The molecule has 2 fully saturated rings. The van der Waals surface area contributed by atoms with Crippen molar-refractivity contribution in [2.24, 2.45) is 5.92 Å². The first-order valence-electron chi connectivity index (χ1n) is 10.0. The number of nitrogens with one attached hydrogen (secondary N) is 1. The Kier molecular flexibility index (Phi) is 5.67. The SMILES string of the molecule is CNN(Cc1nc(C)no1)c1nc(N2CCOCC2)nc(N2CC[C@H](C)C2)c1N. The molecule has 4 heterocycles. The predicted molar refractivity (Wildman–Crippen MR) is 110 cm³/mol. The van der Waals surface area contributed by atoms with Crippen molar-refractivity contribution in [2.45, 2.75) is 26.8 Å². The van der Waals surface area contributed by atoms with Crippen LogP contribution in [-0.4, -0.2) is 66.5 Å². The number of nitrogens with zero attached hydrogens (tertiary/aromatic N) is 7. The minimum atomic E-state index is 0.344. The zero-order valence-electron chi connectivity index (χ0n) is 17.3. The first-order chi connectivity index (χ1) is 14.0. The summed E-state index contributed by atoms with van der Waals surface area (Å²) in [6.07, 6.45) is 1.13. The number of hydrazine groups is 1. The van der Waals surface area contributed by atoms with E-state index in [1.54, 1.807) is 6.92 Å². The van der Waals surface area contributed by atoms with Crippen LogP contribution in [0.5, 0.6) is 0 Å². The van der Waals surface area contributed by atoms with Crippen molar-refractivity contribution >= 4 is 23.3 Å². The van der Waals surface area contributed by atoms with Crippen LogP contribution in [0.3, 0.4) is 0 Å². The molecule has 0 unspecified atom stereocenters. The molecule has 1 atom stereocenters. The maximum Gasteiger partial charge on any atom is 0.247 e. The van der Waals surface area contributed by atoms with Crippen molar-refractivity contribution in [3.63, 3.8) is 0 Å². The van der Waals surface area contributed by atoms with Gasteiger partial charge in [0.1, 0.15) is 12.2 Å². The Labute approximate surface area is 170 Å². The van der Waals surface area contributed by atoms with Crippen LogP contribution in [0.4, 0.5) is 23.3 Å². The summed E-state index contributed by atoms with van der Waals surface area (Å²) in [5.74, 6) is 3.74. The third-order valence-corrected chi connectivity index (χ3v) is 5.30. The topological polar surface area (TPSA) is 122 Å². The van der Waals surface area contributed by atoms with Crippen molar-refractivity contribution in [1.29, 1.82) is 0 Å². The number of hydrogen-bond donors (Lipinski definition) is 2. The zero-order valence-corrected chi connectivity index (χ0v) is 17.3. The highest BCUT2D eigenvalue weighted by molar-refractivity contribution is 5.77. The average molecular weight is 403 g/mol. The van der Waals surface area contributed by atoms with E-state index in [-0.39, 0.29) is 0 Å². The fraction of sp³-hybridized carbons (Fsp3) is 0.667. The molecule has 2 aromatic heterocycles. The summed E-state index contributed by atoms with van der Waals surface area (Å²) < 4.78 is 10.8. The summed E-state index contributed by atoms with van der Waals surface area (Å²) in [5.41, 5.74) is 10.3. The molecule has 0 radical (unpaired) electrons. The summed E-state index contributed by atoms with van der Waals surface area (Å²) in [7, 11) is 1.82.